The van der Waals surface area contributed by atoms with Crippen molar-refractivity contribution in [2.24, 2.45) is 16.8 Å². The fourth-order valence-electron chi connectivity index (χ4n) is 4.60. The van der Waals surface area contributed by atoms with Gasteiger partial charge in [-0.3, -0.25) is 4.99 Å². The zero-order valence-corrected chi connectivity index (χ0v) is 18.3. The summed E-state index contributed by atoms with van der Waals surface area (Å²) >= 11 is 0. The monoisotopic (exact) mass is 401 g/mol. The maximum Gasteiger partial charge on any atom is 0.193 e. The molecule has 1 saturated heterocycles. The van der Waals surface area contributed by atoms with Crippen molar-refractivity contribution in [1.82, 2.24) is 10.2 Å². The third-order valence-corrected chi connectivity index (χ3v) is 6.32. The van der Waals surface area contributed by atoms with Crippen LogP contribution < -0.4 is 5.32 Å². The van der Waals surface area contributed by atoms with E-state index in [0.717, 1.165) is 50.6 Å². The molecule has 162 valence electrons. The summed E-state index contributed by atoms with van der Waals surface area (Å²) < 4.78 is 10.8. The molecule has 0 bridgehead atoms. The number of nitrogens with zero attached hydrogens (tertiary/aromatic N) is 2. The lowest BCUT2D eigenvalue weighted by molar-refractivity contribution is 0.0536. The Balaban J connectivity index is 1.44. The summed E-state index contributed by atoms with van der Waals surface area (Å²) in [4.78, 5) is 7.45. The molecule has 29 heavy (non-hydrogen) atoms. The van der Waals surface area contributed by atoms with Crippen molar-refractivity contribution >= 4 is 5.96 Å². The zero-order chi connectivity index (χ0) is 20.3. The minimum Gasteiger partial charge on any atom is -0.382 e. The van der Waals surface area contributed by atoms with Crippen LogP contribution >= 0.6 is 0 Å². The highest BCUT2D eigenvalue weighted by Crippen LogP contribution is 2.35. The molecule has 1 aliphatic carbocycles. The molecule has 1 aromatic rings. The summed E-state index contributed by atoms with van der Waals surface area (Å²) in [6, 6.07) is 11.0. The summed E-state index contributed by atoms with van der Waals surface area (Å²) in [6.07, 6.45) is 6.35. The Labute approximate surface area is 176 Å². The molecule has 1 aromatic carbocycles. The minimum atomic E-state index is 0.594. The molecule has 1 aliphatic heterocycles. The standard InChI is InChI=1S/C24H39N3O2/c1-3-25-24(27-14-13-21(18-27)19-29-16-15-28-2)26-17-20-9-11-23(12-10-20)22-7-5-4-6-8-22/h4-8,20-21,23H,3,9-19H2,1-2H3,(H,25,26). The largest absolute Gasteiger partial charge is 0.382 e. The SMILES string of the molecule is CCNC(=NCC1CCC(c2ccccc2)CC1)N1CCC(COCCOC)C1. The van der Waals surface area contributed by atoms with E-state index in [1.54, 1.807) is 7.11 Å². The van der Waals surface area contributed by atoms with Gasteiger partial charge in [0.15, 0.2) is 5.96 Å². The summed E-state index contributed by atoms with van der Waals surface area (Å²) in [5.41, 5.74) is 1.51. The summed E-state index contributed by atoms with van der Waals surface area (Å²) in [5.74, 6) is 3.15. The molecule has 1 heterocycles. The van der Waals surface area contributed by atoms with Gasteiger partial charge in [0, 0.05) is 39.2 Å². The van der Waals surface area contributed by atoms with Crippen molar-refractivity contribution in [2.75, 3.05) is 53.1 Å². The second-order valence-corrected chi connectivity index (χ2v) is 8.49. The first-order valence-corrected chi connectivity index (χ1v) is 11.4. The molecule has 0 aromatic heterocycles. The quantitative estimate of drug-likeness (QED) is 0.387. The Morgan fingerprint density at radius 2 is 1.86 bits per heavy atom. The van der Waals surface area contributed by atoms with Crippen LogP contribution in [-0.2, 0) is 9.47 Å². The first-order chi connectivity index (χ1) is 14.3. The van der Waals surface area contributed by atoms with E-state index in [1.807, 2.05) is 0 Å². The van der Waals surface area contributed by atoms with Crippen molar-refractivity contribution in [3.63, 3.8) is 0 Å². The highest BCUT2D eigenvalue weighted by atomic mass is 16.5. The van der Waals surface area contributed by atoms with E-state index in [9.17, 15) is 0 Å². The van der Waals surface area contributed by atoms with E-state index in [2.05, 4.69) is 47.5 Å². The number of methoxy groups -OCH3 is 1. The fourth-order valence-corrected chi connectivity index (χ4v) is 4.60. The Morgan fingerprint density at radius 3 is 2.59 bits per heavy atom. The molecule has 5 heteroatoms. The van der Waals surface area contributed by atoms with Crippen LogP contribution in [0.2, 0.25) is 0 Å². The topological polar surface area (TPSA) is 46.1 Å². The molecule has 5 nitrogen and oxygen atoms in total. The van der Waals surface area contributed by atoms with Gasteiger partial charge in [-0.25, -0.2) is 0 Å². The van der Waals surface area contributed by atoms with Crippen molar-refractivity contribution in [3.05, 3.63) is 35.9 Å². The number of nitrogens with one attached hydrogen (secondary N) is 1. The number of ether oxygens (including phenoxy) is 2. The predicted octanol–water partition coefficient (Wildman–Crippen LogP) is 3.91. The van der Waals surface area contributed by atoms with Crippen LogP contribution in [0.4, 0.5) is 0 Å². The summed E-state index contributed by atoms with van der Waals surface area (Å²) in [6.45, 7) is 8.33. The Morgan fingerprint density at radius 1 is 1.07 bits per heavy atom. The number of rotatable bonds is 9. The van der Waals surface area contributed by atoms with Crippen LogP contribution in [-0.4, -0.2) is 64.0 Å². The molecule has 1 unspecified atom stereocenters. The van der Waals surface area contributed by atoms with Crippen molar-refractivity contribution < 1.29 is 9.47 Å². The highest BCUT2D eigenvalue weighted by Gasteiger charge is 2.26. The molecule has 0 spiro atoms. The van der Waals surface area contributed by atoms with Crippen LogP contribution in [0, 0.1) is 11.8 Å². The minimum absolute atomic E-state index is 0.594. The van der Waals surface area contributed by atoms with Crippen LogP contribution in [0.5, 0.6) is 0 Å². The molecule has 1 N–H and O–H groups in total. The van der Waals surface area contributed by atoms with E-state index < -0.39 is 0 Å². The van der Waals surface area contributed by atoms with Crippen LogP contribution in [0.1, 0.15) is 50.5 Å². The maximum absolute atomic E-state index is 5.74. The van der Waals surface area contributed by atoms with Gasteiger partial charge in [0.2, 0.25) is 0 Å². The smallest absolute Gasteiger partial charge is 0.193 e. The van der Waals surface area contributed by atoms with Crippen LogP contribution in [0.25, 0.3) is 0 Å². The third-order valence-electron chi connectivity index (χ3n) is 6.32. The van der Waals surface area contributed by atoms with E-state index in [1.165, 1.54) is 37.7 Å². The van der Waals surface area contributed by atoms with E-state index in [-0.39, 0.29) is 0 Å². The van der Waals surface area contributed by atoms with Gasteiger partial charge < -0.3 is 19.7 Å². The molecular formula is C24H39N3O2. The van der Waals surface area contributed by atoms with Crippen LogP contribution in [0.3, 0.4) is 0 Å². The Hall–Kier alpha value is -1.59. The molecule has 2 fully saturated rings. The fraction of sp³-hybridized carbons (Fsp3) is 0.708. The van der Waals surface area contributed by atoms with Crippen molar-refractivity contribution in [2.45, 2.75) is 44.9 Å². The number of guanidine groups is 1. The molecule has 1 atom stereocenters. The van der Waals surface area contributed by atoms with Crippen molar-refractivity contribution in [1.29, 1.82) is 0 Å². The van der Waals surface area contributed by atoms with Gasteiger partial charge >= 0.3 is 0 Å². The number of likely N-dealkylation sites (tertiary alicyclic amines) is 1. The number of hydrogen-bond donors (Lipinski definition) is 1. The van der Waals surface area contributed by atoms with Gasteiger partial charge in [-0.1, -0.05) is 30.3 Å². The average Bonchev–Trinajstić information content (AvgIpc) is 3.24. The molecule has 3 rings (SSSR count). The predicted molar refractivity (Wildman–Crippen MR) is 119 cm³/mol. The van der Waals surface area contributed by atoms with E-state index in [4.69, 9.17) is 14.5 Å². The normalized spacial score (nSPS) is 25.4. The van der Waals surface area contributed by atoms with Gasteiger partial charge in [-0.2, -0.15) is 0 Å². The number of aliphatic imine (C=N–C) groups is 1. The molecule has 1 saturated carbocycles. The lowest BCUT2D eigenvalue weighted by Gasteiger charge is -2.28. The summed E-state index contributed by atoms with van der Waals surface area (Å²) in [7, 11) is 1.72. The second kappa shape index (κ2) is 12.2. The van der Waals surface area contributed by atoms with Gasteiger partial charge in [0.05, 0.1) is 19.8 Å². The van der Waals surface area contributed by atoms with E-state index in [0.29, 0.717) is 19.1 Å². The summed E-state index contributed by atoms with van der Waals surface area (Å²) in [5, 5.41) is 3.51. The maximum atomic E-state index is 5.74. The van der Waals surface area contributed by atoms with Gasteiger partial charge in [0.25, 0.3) is 0 Å². The van der Waals surface area contributed by atoms with Crippen LogP contribution in [0.15, 0.2) is 35.3 Å². The van der Waals surface area contributed by atoms with Gasteiger partial charge in [-0.05, 0) is 56.4 Å². The Kier molecular flexibility index (Phi) is 9.29. The lowest BCUT2D eigenvalue weighted by atomic mass is 9.79. The first kappa shape index (κ1) is 22.1. The van der Waals surface area contributed by atoms with E-state index >= 15 is 0 Å². The van der Waals surface area contributed by atoms with Crippen molar-refractivity contribution in [3.8, 4) is 0 Å². The Bertz CT molecular complexity index is 599. The highest BCUT2D eigenvalue weighted by molar-refractivity contribution is 5.80. The number of hydrogen-bond acceptors (Lipinski definition) is 3. The first-order valence-electron chi connectivity index (χ1n) is 11.4. The average molecular weight is 402 g/mol. The second-order valence-electron chi connectivity index (χ2n) is 8.49. The molecule has 2 aliphatic rings. The van der Waals surface area contributed by atoms with Gasteiger partial charge in [0.1, 0.15) is 0 Å². The van der Waals surface area contributed by atoms with Gasteiger partial charge in [-0.15, -0.1) is 0 Å². The lowest BCUT2D eigenvalue weighted by Crippen LogP contribution is -2.40. The number of benzene rings is 1. The molecular weight excluding hydrogens is 362 g/mol. The third kappa shape index (κ3) is 7.00. The zero-order valence-electron chi connectivity index (χ0n) is 18.3. The molecule has 0 amide bonds. The molecule has 0 radical (unpaired) electrons.